The predicted octanol–water partition coefficient (Wildman–Crippen LogP) is 2.04. The Balaban J connectivity index is 3.03. The van der Waals surface area contributed by atoms with Gasteiger partial charge < -0.3 is 4.99 Å². The number of hydrogen-bond donors (Lipinski definition) is 0. The van der Waals surface area contributed by atoms with Crippen molar-refractivity contribution in [2.75, 3.05) is 7.05 Å². The van der Waals surface area contributed by atoms with E-state index in [1.165, 1.54) is 0 Å². The summed E-state index contributed by atoms with van der Waals surface area (Å²) in [5.41, 5.74) is 0. The Morgan fingerprint density at radius 1 is 1.38 bits per heavy atom. The topological polar surface area (TPSA) is 12.4 Å². The molecule has 0 aliphatic heterocycles. The fourth-order valence-corrected chi connectivity index (χ4v) is 0.429. The molecule has 0 aromatic carbocycles. The van der Waals surface area contributed by atoms with Crippen LogP contribution in [-0.4, -0.2) is 13.3 Å². The van der Waals surface area contributed by atoms with Gasteiger partial charge in [-0.05, 0) is 6.42 Å². The normalized spacial score (nSPS) is 11.8. The third-order valence-corrected chi connectivity index (χ3v) is 0.826. The first-order valence-corrected chi connectivity index (χ1v) is 2.97. The average Bonchev–Trinajstić information content (AvgIpc) is 1.81. The van der Waals surface area contributed by atoms with Gasteiger partial charge in [-0.3, -0.25) is 0 Å². The minimum Gasteiger partial charge on any atom is -0.301 e. The molecule has 0 fully saturated rings. The average molecular weight is 111 g/mol. The molecule has 46 valence electrons. The van der Waals surface area contributed by atoms with E-state index in [9.17, 15) is 0 Å². The van der Waals surface area contributed by atoms with Crippen LogP contribution in [-0.2, 0) is 0 Å². The SMILES string of the molecule is CC/C=C\CC=NC. The molecule has 1 nitrogen and oxygen atoms in total. The molecule has 0 heterocycles. The molecule has 0 aromatic heterocycles. The second-order valence-corrected chi connectivity index (χ2v) is 1.56. The maximum atomic E-state index is 3.83. The largest absolute Gasteiger partial charge is 0.301 e. The molecule has 0 rings (SSSR count). The minimum atomic E-state index is 0.977. The first-order chi connectivity index (χ1) is 3.91. The summed E-state index contributed by atoms with van der Waals surface area (Å²) in [6.45, 7) is 2.12. The van der Waals surface area contributed by atoms with Gasteiger partial charge >= 0.3 is 0 Å². The van der Waals surface area contributed by atoms with Crippen LogP contribution in [0, 0.1) is 0 Å². The third-order valence-electron chi connectivity index (χ3n) is 0.826. The summed E-state index contributed by atoms with van der Waals surface area (Å²) in [5.74, 6) is 0. The molecule has 0 atom stereocenters. The third kappa shape index (κ3) is 5.41. The van der Waals surface area contributed by atoms with Gasteiger partial charge in [0, 0.05) is 19.7 Å². The van der Waals surface area contributed by atoms with Gasteiger partial charge in [0.2, 0.25) is 0 Å². The van der Waals surface area contributed by atoms with Crippen molar-refractivity contribution in [3.05, 3.63) is 12.2 Å². The lowest BCUT2D eigenvalue weighted by atomic mass is 10.3. The standard InChI is InChI=1S/C7H13N/c1-3-4-5-6-7-8-2/h4-5,7H,3,6H2,1-2H3/b5-4-,8-7?. The smallest absolute Gasteiger partial charge is 0.0273 e. The maximum Gasteiger partial charge on any atom is 0.0273 e. The Hall–Kier alpha value is -0.590. The molecule has 0 aliphatic rings. The van der Waals surface area contributed by atoms with Crippen molar-refractivity contribution in [1.29, 1.82) is 0 Å². The van der Waals surface area contributed by atoms with E-state index in [-0.39, 0.29) is 0 Å². The lowest BCUT2D eigenvalue weighted by Gasteiger charge is -1.77. The minimum absolute atomic E-state index is 0.977. The Bertz CT molecular complexity index is 82.4. The highest BCUT2D eigenvalue weighted by Gasteiger charge is 1.66. The molecule has 0 bridgehead atoms. The molecular weight excluding hydrogens is 98.1 g/mol. The van der Waals surface area contributed by atoms with Crippen molar-refractivity contribution in [2.45, 2.75) is 19.8 Å². The molecule has 0 aliphatic carbocycles. The summed E-state index contributed by atoms with van der Waals surface area (Å²) < 4.78 is 0. The van der Waals surface area contributed by atoms with Gasteiger partial charge in [0.15, 0.2) is 0 Å². The molecule has 0 spiro atoms. The summed E-state index contributed by atoms with van der Waals surface area (Å²) in [6, 6.07) is 0. The van der Waals surface area contributed by atoms with Crippen LogP contribution < -0.4 is 0 Å². The van der Waals surface area contributed by atoms with Crippen molar-refractivity contribution < 1.29 is 0 Å². The summed E-state index contributed by atoms with van der Waals surface area (Å²) >= 11 is 0. The zero-order valence-corrected chi connectivity index (χ0v) is 5.59. The van der Waals surface area contributed by atoms with E-state index in [1.807, 2.05) is 6.21 Å². The molecule has 0 unspecified atom stereocenters. The molecule has 0 N–H and O–H groups in total. The van der Waals surface area contributed by atoms with E-state index in [0.29, 0.717) is 0 Å². The van der Waals surface area contributed by atoms with Gasteiger partial charge in [-0.15, -0.1) is 0 Å². The molecule has 1 heteroatoms. The molecule has 0 amide bonds. The van der Waals surface area contributed by atoms with E-state index in [1.54, 1.807) is 7.05 Å². The van der Waals surface area contributed by atoms with E-state index in [2.05, 4.69) is 24.1 Å². The molecule has 0 radical (unpaired) electrons. The number of allylic oxidation sites excluding steroid dienone is 2. The molecule has 0 saturated carbocycles. The maximum absolute atomic E-state index is 3.83. The Morgan fingerprint density at radius 2 is 2.12 bits per heavy atom. The van der Waals surface area contributed by atoms with Crippen LogP contribution in [0.3, 0.4) is 0 Å². The molecule has 0 aromatic rings. The zero-order valence-electron chi connectivity index (χ0n) is 5.59. The second kappa shape index (κ2) is 6.41. The fourth-order valence-electron chi connectivity index (χ4n) is 0.429. The number of aliphatic imine (C=N–C) groups is 1. The van der Waals surface area contributed by atoms with Gasteiger partial charge in [0.25, 0.3) is 0 Å². The monoisotopic (exact) mass is 111 g/mol. The number of rotatable bonds is 3. The lowest BCUT2D eigenvalue weighted by molar-refractivity contribution is 1.21. The Kier molecular flexibility index (Phi) is 5.94. The van der Waals surface area contributed by atoms with E-state index < -0.39 is 0 Å². The van der Waals surface area contributed by atoms with E-state index >= 15 is 0 Å². The van der Waals surface area contributed by atoms with Crippen LogP contribution in [0.25, 0.3) is 0 Å². The lowest BCUT2D eigenvalue weighted by Crippen LogP contribution is -1.66. The molecule has 0 saturated heterocycles. The Labute approximate surface area is 51.1 Å². The fraction of sp³-hybridized carbons (Fsp3) is 0.571. The summed E-state index contributed by atoms with van der Waals surface area (Å²) in [6.07, 6.45) is 8.25. The van der Waals surface area contributed by atoms with Gasteiger partial charge in [-0.25, -0.2) is 0 Å². The van der Waals surface area contributed by atoms with Gasteiger partial charge in [-0.1, -0.05) is 19.1 Å². The predicted molar refractivity (Wildman–Crippen MR) is 38.5 cm³/mol. The number of hydrogen-bond acceptors (Lipinski definition) is 1. The van der Waals surface area contributed by atoms with Crippen LogP contribution in [0.5, 0.6) is 0 Å². The van der Waals surface area contributed by atoms with Crippen molar-refractivity contribution in [3.63, 3.8) is 0 Å². The van der Waals surface area contributed by atoms with E-state index in [0.717, 1.165) is 12.8 Å². The first kappa shape index (κ1) is 7.41. The van der Waals surface area contributed by atoms with Crippen molar-refractivity contribution in [2.24, 2.45) is 4.99 Å². The highest BCUT2D eigenvalue weighted by atomic mass is 14.6. The van der Waals surface area contributed by atoms with Crippen LogP contribution in [0.15, 0.2) is 17.1 Å². The summed E-state index contributed by atoms with van der Waals surface area (Å²) in [4.78, 5) is 3.83. The van der Waals surface area contributed by atoms with Crippen molar-refractivity contribution >= 4 is 6.21 Å². The highest BCUT2D eigenvalue weighted by Crippen LogP contribution is 1.81. The van der Waals surface area contributed by atoms with Crippen LogP contribution in [0.4, 0.5) is 0 Å². The number of nitrogens with zero attached hydrogens (tertiary/aromatic N) is 1. The van der Waals surface area contributed by atoms with Crippen molar-refractivity contribution in [1.82, 2.24) is 0 Å². The highest BCUT2D eigenvalue weighted by molar-refractivity contribution is 5.58. The van der Waals surface area contributed by atoms with Crippen LogP contribution in [0.1, 0.15) is 19.8 Å². The van der Waals surface area contributed by atoms with Crippen LogP contribution in [0.2, 0.25) is 0 Å². The van der Waals surface area contributed by atoms with Gasteiger partial charge in [0.05, 0.1) is 0 Å². The zero-order chi connectivity index (χ0) is 6.24. The first-order valence-electron chi connectivity index (χ1n) is 2.97. The molecular formula is C7H13N. The van der Waals surface area contributed by atoms with Gasteiger partial charge in [-0.2, -0.15) is 0 Å². The van der Waals surface area contributed by atoms with Gasteiger partial charge in [0.1, 0.15) is 0 Å². The Morgan fingerprint density at radius 3 is 2.62 bits per heavy atom. The van der Waals surface area contributed by atoms with Crippen LogP contribution >= 0.6 is 0 Å². The quantitative estimate of drug-likeness (QED) is 0.390. The summed E-state index contributed by atoms with van der Waals surface area (Å²) in [7, 11) is 1.79. The molecule has 8 heavy (non-hydrogen) atoms. The van der Waals surface area contributed by atoms with E-state index in [4.69, 9.17) is 0 Å². The van der Waals surface area contributed by atoms with Crippen molar-refractivity contribution in [3.8, 4) is 0 Å². The summed E-state index contributed by atoms with van der Waals surface area (Å²) in [5, 5.41) is 0. The second-order valence-electron chi connectivity index (χ2n) is 1.56.